The van der Waals surface area contributed by atoms with E-state index < -0.39 is 34.4 Å². The molecule has 0 bridgehead atoms. The molecule has 182 valence electrons. The van der Waals surface area contributed by atoms with E-state index in [4.69, 9.17) is 9.47 Å². The molecular formula is C26H20N2O8. The van der Waals surface area contributed by atoms with Gasteiger partial charge < -0.3 is 14.6 Å². The van der Waals surface area contributed by atoms with Crippen molar-refractivity contribution in [1.82, 2.24) is 0 Å². The lowest BCUT2D eigenvalue weighted by atomic mass is 9.95. The van der Waals surface area contributed by atoms with Gasteiger partial charge in [0.1, 0.15) is 11.5 Å². The largest absolute Gasteiger partial charge is 0.507 e. The summed E-state index contributed by atoms with van der Waals surface area (Å²) in [5.74, 6) is -2.45. The first-order chi connectivity index (χ1) is 17.3. The molecule has 1 heterocycles. The molecule has 0 spiro atoms. The van der Waals surface area contributed by atoms with Gasteiger partial charge in [-0.3, -0.25) is 24.6 Å². The van der Waals surface area contributed by atoms with Crippen LogP contribution in [0.25, 0.3) is 5.76 Å². The predicted octanol–water partition coefficient (Wildman–Crippen LogP) is 4.02. The maximum Gasteiger partial charge on any atom is 0.337 e. The number of nitro groups is 1. The highest BCUT2D eigenvalue weighted by Gasteiger charge is 2.47. The minimum atomic E-state index is -1.06. The number of benzene rings is 3. The molecule has 1 aliphatic rings. The van der Waals surface area contributed by atoms with Crippen molar-refractivity contribution >= 4 is 34.8 Å². The number of methoxy groups -OCH3 is 2. The second kappa shape index (κ2) is 9.71. The van der Waals surface area contributed by atoms with E-state index in [1.54, 1.807) is 24.3 Å². The van der Waals surface area contributed by atoms with Gasteiger partial charge in [0.15, 0.2) is 0 Å². The number of aliphatic hydroxyl groups is 1. The van der Waals surface area contributed by atoms with E-state index in [9.17, 15) is 29.6 Å². The summed E-state index contributed by atoms with van der Waals surface area (Å²) in [7, 11) is 2.73. The number of aliphatic hydroxyl groups excluding tert-OH is 1. The molecule has 1 saturated heterocycles. The molecule has 3 aromatic carbocycles. The molecule has 1 atom stereocenters. The maximum atomic E-state index is 13.2. The molecule has 3 aromatic rings. The zero-order valence-corrected chi connectivity index (χ0v) is 19.2. The summed E-state index contributed by atoms with van der Waals surface area (Å²) in [6.45, 7) is 0. The number of esters is 1. The van der Waals surface area contributed by atoms with Crippen LogP contribution in [0, 0.1) is 10.1 Å². The van der Waals surface area contributed by atoms with Gasteiger partial charge in [-0.05, 0) is 42.0 Å². The molecule has 10 nitrogen and oxygen atoms in total. The minimum Gasteiger partial charge on any atom is -0.507 e. The Bertz CT molecular complexity index is 1390. The highest BCUT2D eigenvalue weighted by Crippen LogP contribution is 2.42. The summed E-state index contributed by atoms with van der Waals surface area (Å²) in [6, 6.07) is 16.5. The van der Waals surface area contributed by atoms with Crippen LogP contribution in [0.4, 0.5) is 11.4 Å². The maximum absolute atomic E-state index is 13.2. The summed E-state index contributed by atoms with van der Waals surface area (Å²) in [5, 5.41) is 22.4. The fourth-order valence-electron chi connectivity index (χ4n) is 4.00. The fraction of sp³-hybridized carbons (Fsp3) is 0.115. The standard InChI is InChI=1S/C26H20N2O8/c1-35-20-12-8-15(9-13-20)22-21(23(29)17-4-3-5-19(14-17)28(33)34)24(30)25(31)27(22)18-10-6-16(7-11-18)26(32)36-2/h3-14,22,29H,1-2H3/b23-21-. The van der Waals surface area contributed by atoms with Crippen molar-refractivity contribution in [2.24, 2.45) is 0 Å². The van der Waals surface area contributed by atoms with E-state index in [1.165, 1.54) is 61.6 Å². The first kappa shape index (κ1) is 24.1. The third-order valence-corrected chi connectivity index (χ3v) is 5.77. The Morgan fingerprint density at radius 2 is 1.64 bits per heavy atom. The van der Waals surface area contributed by atoms with Gasteiger partial charge in [0, 0.05) is 23.4 Å². The molecule has 1 aliphatic heterocycles. The van der Waals surface area contributed by atoms with E-state index in [0.717, 1.165) is 6.07 Å². The van der Waals surface area contributed by atoms with Gasteiger partial charge in [0.25, 0.3) is 17.4 Å². The fourth-order valence-corrected chi connectivity index (χ4v) is 4.00. The number of hydrogen-bond donors (Lipinski definition) is 1. The van der Waals surface area contributed by atoms with E-state index in [2.05, 4.69) is 0 Å². The minimum absolute atomic E-state index is 0.0155. The van der Waals surface area contributed by atoms with Crippen LogP contribution < -0.4 is 9.64 Å². The average molecular weight is 488 g/mol. The summed E-state index contributed by atoms with van der Waals surface area (Å²) >= 11 is 0. The number of non-ortho nitro benzene ring substituents is 1. The van der Waals surface area contributed by atoms with E-state index >= 15 is 0 Å². The first-order valence-corrected chi connectivity index (χ1v) is 10.6. The summed E-state index contributed by atoms with van der Waals surface area (Å²) in [4.78, 5) is 50.1. The van der Waals surface area contributed by atoms with Crippen molar-refractivity contribution < 1.29 is 33.9 Å². The normalized spacial score (nSPS) is 16.6. The second-order valence-electron chi connectivity index (χ2n) is 7.79. The number of amides is 1. The summed E-state index contributed by atoms with van der Waals surface area (Å²) in [6.07, 6.45) is 0. The Labute approximate surface area is 205 Å². The molecule has 1 fully saturated rings. The molecule has 1 amide bonds. The number of nitrogens with zero attached hydrogens (tertiary/aromatic N) is 2. The van der Waals surface area contributed by atoms with Crippen LogP contribution in [0.5, 0.6) is 5.75 Å². The molecule has 36 heavy (non-hydrogen) atoms. The molecule has 0 radical (unpaired) electrons. The molecule has 1 N–H and O–H groups in total. The number of ether oxygens (including phenoxy) is 2. The first-order valence-electron chi connectivity index (χ1n) is 10.6. The van der Waals surface area contributed by atoms with Gasteiger partial charge in [0.2, 0.25) is 0 Å². The lowest BCUT2D eigenvalue weighted by Gasteiger charge is -2.25. The van der Waals surface area contributed by atoms with Crippen LogP contribution in [0.3, 0.4) is 0 Å². The lowest BCUT2D eigenvalue weighted by Crippen LogP contribution is -2.29. The van der Waals surface area contributed by atoms with Crippen LogP contribution in [-0.4, -0.2) is 41.9 Å². The van der Waals surface area contributed by atoms with E-state index in [1.807, 2.05) is 0 Å². The van der Waals surface area contributed by atoms with Gasteiger partial charge in [0.05, 0.1) is 36.3 Å². The molecule has 1 unspecified atom stereocenters. The van der Waals surface area contributed by atoms with E-state index in [-0.39, 0.29) is 22.4 Å². The summed E-state index contributed by atoms with van der Waals surface area (Å²) < 4.78 is 9.90. The van der Waals surface area contributed by atoms with Gasteiger partial charge >= 0.3 is 5.97 Å². The van der Waals surface area contributed by atoms with Gasteiger partial charge in [-0.25, -0.2) is 4.79 Å². The van der Waals surface area contributed by atoms with Crippen molar-refractivity contribution in [1.29, 1.82) is 0 Å². The number of carbonyl (C=O) groups is 3. The highest BCUT2D eigenvalue weighted by molar-refractivity contribution is 6.51. The van der Waals surface area contributed by atoms with Gasteiger partial charge in [-0.1, -0.05) is 24.3 Å². The summed E-state index contributed by atoms with van der Waals surface area (Å²) in [5.41, 5.74) is 0.523. The van der Waals surface area contributed by atoms with Crippen LogP contribution in [-0.2, 0) is 14.3 Å². The second-order valence-corrected chi connectivity index (χ2v) is 7.79. The number of carbonyl (C=O) groups excluding carboxylic acids is 3. The third-order valence-electron chi connectivity index (χ3n) is 5.77. The lowest BCUT2D eigenvalue weighted by molar-refractivity contribution is -0.384. The van der Waals surface area contributed by atoms with Crippen molar-refractivity contribution in [3.05, 3.63) is 105 Å². The number of Topliss-reactive ketones (excluding diaryl/α,β-unsaturated/α-hetero) is 1. The molecule has 0 aromatic heterocycles. The monoisotopic (exact) mass is 488 g/mol. The number of rotatable bonds is 6. The topological polar surface area (TPSA) is 136 Å². The molecule has 0 saturated carbocycles. The van der Waals surface area contributed by atoms with Crippen LogP contribution in [0.2, 0.25) is 0 Å². The van der Waals surface area contributed by atoms with Gasteiger partial charge in [-0.2, -0.15) is 0 Å². The quantitative estimate of drug-likeness (QED) is 0.137. The zero-order valence-electron chi connectivity index (χ0n) is 19.2. The Morgan fingerprint density at radius 1 is 0.972 bits per heavy atom. The Kier molecular flexibility index (Phi) is 6.51. The van der Waals surface area contributed by atoms with Gasteiger partial charge in [-0.15, -0.1) is 0 Å². The number of hydrogen-bond acceptors (Lipinski definition) is 8. The number of nitro benzene ring substituents is 1. The van der Waals surface area contributed by atoms with Crippen molar-refractivity contribution in [2.45, 2.75) is 6.04 Å². The zero-order chi connectivity index (χ0) is 26.0. The van der Waals surface area contributed by atoms with Crippen molar-refractivity contribution in [3.8, 4) is 5.75 Å². The molecular weight excluding hydrogens is 468 g/mol. The number of ketones is 1. The third kappa shape index (κ3) is 4.27. The highest BCUT2D eigenvalue weighted by atomic mass is 16.6. The molecule has 10 heteroatoms. The number of anilines is 1. The molecule has 4 rings (SSSR count). The predicted molar refractivity (Wildman–Crippen MR) is 129 cm³/mol. The van der Waals surface area contributed by atoms with Crippen molar-refractivity contribution in [3.63, 3.8) is 0 Å². The van der Waals surface area contributed by atoms with Crippen LogP contribution >= 0.6 is 0 Å². The average Bonchev–Trinajstić information content (AvgIpc) is 3.18. The Balaban J connectivity index is 1.90. The Hall–Kier alpha value is -4.99. The SMILES string of the molecule is COC(=O)c1ccc(N2C(=O)C(=O)/C(=C(\O)c3cccc([N+](=O)[O-])c3)C2c2ccc(OC)cc2)cc1. The van der Waals surface area contributed by atoms with Crippen molar-refractivity contribution in [2.75, 3.05) is 19.1 Å². The smallest absolute Gasteiger partial charge is 0.337 e. The van der Waals surface area contributed by atoms with E-state index in [0.29, 0.717) is 17.0 Å². The molecule has 0 aliphatic carbocycles. The van der Waals surface area contributed by atoms with Crippen LogP contribution in [0.1, 0.15) is 27.5 Å². The Morgan fingerprint density at radius 3 is 2.22 bits per heavy atom. The van der Waals surface area contributed by atoms with Crippen LogP contribution in [0.15, 0.2) is 78.4 Å².